The molecule has 0 saturated carbocycles. The van der Waals surface area contributed by atoms with E-state index in [4.69, 9.17) is 4.74 Å². The third kappa shape index (κ3) is 4.56. The number of carbonyl (C=O) groups is 2. The van der Waals surface area contributed by atoms with Gasteiger partial charge in [0.25, 0.3) is 5.91 Å². The summed E-state index contributed by atoms with van der Waals surface area (Å²) in [5, 5.41) is 0. The molecule has 0 aromatic carbocycles. The summed E-state index contributed by atoms with van der Waals surface area (Å²) in [5.41, 5.74) is 1.26. The van der Waals surface area contributed by atoms with Gasteiger partial charge in [-0.05, 0) is 24.5 Å². The van der Waals surface area contributed by atoms with Gasteiger partial charge >= 0.3 is 5.97 Å². The number of aryl methyl sites for hydroxylation is 2. The number of methoxy groups -OCH3 is 1. The lowest BCUT2D eigenvalue weighted by atomic mass is 10.1. The number of rotatable bonds is 7. The second-order valence-electron chi connectivity index (χ2n) is 5.27. The van der Waals surface area contributed by atoms with Gasteiger partial charge in [-0.15, -0.1) is 11.3 Å². The lowest BCUT2D eigenvalue weighted by Gasteiger charge is -2.19. The summed E-state index contributed by atoms with van der Waals surface area (Å²) in [6.45, 7) is 6.39. The first kappa shape index (κ1) is 17.7. The number of ether oxygens (including phenoxy) is 1. The first-order chi connectivity index (χ1) is 9.94. The normalized spacial score (nSPS) is 12.0. The fraction of sp³-hybridized carbons (Fsp3) is 0.625. The Morgan fingerprint density at radius 2 is 2.05 bits per heavy atom. The molecule has 1 atom stereocenters. The lowest BCUT2D eigenvalue weighted by molar-refractivity contribution is -0.145. The highest BCUT2D eigenvalue weighted by molar-refractivity contribution is 7.14. The van der Waals surface area contributed by atoms with Crippen LogP contribution < -0.4 is 0 Å². The van der Waals surface area contributed by atoms with Gasteiger partial charge in [0.2, 0.25) is 0 Å². The van der Waals surface area contributed by atoms with Crippen LogP contribution in [0.3, 0.4) is 0 Å². The molecular weight excluding hydrogens is 286 g/mol. The van der Waals surface area contributed by atoms with Crippen LogP contribution in [0, 0.1) is 5.92 Å². The molecule has 1 heterocycles. The molecule has 1 amide bonds. The average molecular weight is 311 g/mol. The fourth-order valence-electron chi connectivity index (χ4n) is 2.27. The Morgan fingerprint density at radius 1 is 1.38 bits per heavy atom. The molecule has 0 saturated heterocycles. The molecule has 0 aliphatic rings. The molecule has 0 fully saturated rings. The molecule has 0 aliphatic carbocycles. The Balaban J connectivity index is 2.80. The standard InChI is InChI=1S/C16H25NO3S/c1-6-8-13-12(7-2)9-14(21-13)15(18)17(4)10-11(3)16(19)20-5/h9,11H,6-8,10H2,1-5H3. The third-order valence-corrected chi connectivity index (χ3v) is 4.69. The van der Waals surface area contributed by atoms with E-state index in [9.17, 15) is 9.59 Å². The van der Waals surface area contributed by atoms with Gasteiger partial charge in [0.1, 0.15) is 0 Å². The summed E-state index contributed by atoms with van der Waals surface area (Å²) in [7, 11) is 3.09. The third-order valence-electron chi connectivity index (χ3n) is 3.46. The number of carbonyl (C=O) groups excluding carboxylic acids is 2. The van der Waals surface area contributed by atoms with Gasteiger partial charge in [0, 0.05) is 18.5 Å². The topological polar surface area (TPSA) is 46.6 Å². The van der Waals surface area contributed by atoms with Gasteiger partial charge < -0.3 is 9.64 Å². The minimum Gasteiger partial charge on any atom is -0.469 e. The molecule has 0 radical (unpaired) electrons. The van der Waals surface area contributed by atoms with Crippen molar-refractivity contribution in [2.75, 3.05) is 20.7 Å². The number of nitrogens with zero attached hydrogens (tertiary/aromatic N) is 1. The van der Waals surface area contributed by atoms with E-state index in [0.29, 0.717) is 6.54 Å². The van der Waals surface area contributed by atoms with Gasteiger partial charge in [-0.3, -0.25) is 9.59 Å². The van der Waals surface area contributed by atoms with Crippen molar-refractivity contribution in [3.05, 3.63) is 21.4 Å². The monoisotopic (exact) mass is 311 g/mol. The van der Waals surface area contributed by atoms with Crippen molar-refractivity contribution < 1.29 is 14.3 Å². The first-order valence-electron chi connectivity index (χ1n) is 7.39. The van der Waals surface area contributed by atoms with E-state index in [2.05, 4.69) is 13.8 Å². The van der Waals surface area contributed by atoms with Crippen molar-refractivity contribution in [3.63, 3.8) is 0 Å². The van der Waals surface area contributed by atoms with Crippen molar-refractivity contribution >= 4 is 23.2 Å². The van der Waals surface area contributed by atoms with Crippen LogP contribution >= 0.6 is 11.3 Å². The highest BCUT2D eigenvalue weighted by atomic mass is 32.1. The van der Waals surface area contributed by atoms with Gasteiger partial charge in [0.15, 0.2) is 0 Å². The predicted octanol–water partition coefficient (Wildman–Crippen LogP) is 3.14. The summed E-state index contributed by atoms with van der Waals surface area (Å²) >= 11 is 1.58. The molecule has 1 rings (SSSR count). The molecule has 0 aliphatic heterocycles. The number of esters is 1. The quantitative estimate of drug-likeness (QED) is 0.727. The van der Waals surface area contributed by atoms with Gasteiger partial charge in [-0.1, -0.05) is 27.2 Å². The summed E-state index contributed by atoms with van der Waals surface area (Å²) in [6.07, 6.45) is 3.04. The van der Waals surface area contributed by atoms with E-state index in [1.807, 2.05) is 6.07 Å². The van der Waals surface area contributed by atoms with Crippen molar-refractivity contribution in [2.45, 2.75) is 40.0 Å². The van der Waals surface area contributed by atoms with E-state index in [0.717, 1.165) is 24.1 Å². The molecular formula is C16H25NO3S. The molecule has 4 nitrogen and oxygen atoms in total. The highest BCUT2D eigenvalue weighted by Crippen LogP contribution is 2.25. The van der Waals surface area contributed by atoms with Crippen LogP contribution in [0.4, 0.5) is 0 Å². The molecule has 1 aromatic heterocycles. The van der Waals surface area contributed by atoms with E-state index >= 15 is 0 Å². The maximum Gasteiger partial charge on any atom is 0.310 e. The van der Waals surface area contributed by atoms with E-state index in [-0.39, 0.29) is 17.8 Å². The number of hydrogen-bond acceptors (Lipinski definition) is 4. The van der Waals surface area contributed by atoms with Crippen LogP contribution in [0.15, 0.2) is 6.07 Å². The average Bonchev–Trinajstić information content (AvgIpc) is 2.88. The molecule has 0 N–H and O–H groups in total. The molecule has 0 spiro atoms. The summed E-state index contributed by atoms with van der Waals surface area (Å²) in [4.78, 5) is 27.6. The molecule has 1 unspecified atom stereocenters. The minimum atomic E-state index is -0.315. The fourth-order valence-corrected chi connectivity index (χ4v) is 3.62. The zero-order valence-corrected chi connectivity index (χ0v) is 14.4. The smallest absolute Gasteiger partial charge is 0.310 e. The van der Waals surface area contributed by atoms with Crippen LogP contribution in [0.1, 0.15) is 47.3 Å². The first-order valence-corrected chi connectivity index (χ1v) is 8.21. The van der Waals surface area contributed by atoms with Crippen molar-refractivity contribution in [1.29, 1.82) is 0 Å². The number of amides is 1. The number of thiophene rings is 1. The molecule has 1 aromatic rings. The second kappa shape index (κ2) is 8.17. The minimum absolute atomic E-state index is 0.0205. The summed E-state index contributed by atoms with van der Waals surface area (Å²) in [5.74, 6) is -0.626. The Bertz CT molecular complexity index is 496. The number of hydrogen-bond donors (Lipinski definition) is 0. The zero-order valence-electron chi connectivity index (χ0n) is 13.6. The van der Waals surface area contributed by atoms with Crippen LogP contribution in [-0.2, 0) is 22.4 Å². The van der Waals surface area contributed by atoms with Crippen molar-refractivity contribution in [3.8, 4) is 0 Å². The van der Waals surface area contributed by atoms with Crippen LogP contribution in [0.2, 0.25) is 0 Å². The maximum absolute atomic E-state index is 12.5. The van der Waals surface area contributed by atoms with Crippen LogP contribution in [0.25, 0.3) is 0 Å². The van der Waals surface area contributed by atoms with Crippen LogP contribution in [0.5, 0.6) is 0 Å². The Kier molecular flexibility index (Phi) is 6.89. The molecule has 5 heteroatoms. The Labute approximate surface area is 131 Å². The van der Waals surface area contributed by atoms with E-state index < -0.39 is 0 Å². The molecule has 0 bridgehead atoms. The predicted molar refractivity (Wildman–Crippen MR) is 85.8 cm³/mol. The van der Waals surface area contributed by atoms with Gasteiger partial charge in [0.05, 0.1) is 17.9 Å². The zero-order chi connectivity index (χ0) is 16.0. The lowest BCUT2D eigenvalue weighted by Crippen LogP contribution is -2.33. The van der Waals surface area contributed by atoms with Gasteiger partial charge in [-0.2, -0.15) is 0 Å². The second-order valence-corrected chi connectivity index (χ2v) is 6.41. The highest BCUT2D eigenvalue weighted by Gasteiger charge is 2.21. The summed E-state index contributed by atoms with van der Waals surface area (Å²) < 4.78 is 4.70. The molecule has 118 valence electrons. The maximum atomic E-state index is 12.5. The SMILES string of the molecule is CCCc1sc(C(=O)N(C)CC(C)C(=O)OC)cc1CC. The van der Waals surface area contributed by atoms with E-state index in [1.165, 1.54) is 17.6 Å². The van der Waals surface area contributed by atoms with Crippen LogP contribution in [-0.4, -0.2) is 37.5 Å². The van der Waals surface area contributed by atoms with Crippen molar-refractivity contribution in [2.24, 2.45) is 5.92 Å². The summed E-state index contributed by atoms with van der Waals surface area (Å²) in [6, 6.07) is 2.00. The Hall–Kier alpha value is -1.36. The largest absolute Gasteiger partial charge is 0.469 e. The van der Waals surface area contributed by atoms with E-state index in [1.54, 1.807) is 30.2 Å². The van der Waals surface area contributed by atoms with Gasteiger partial charge in [-0.25, -0.2) is 0 Å². The van der Waals surface area contributed by atoms with Crippen molar-refractivity contribution in [1.82, 2.24) is 4.90 Å². The Morgan fingerprint density at radius 3 is 2.57 bits per heavy atom. The molecule has 21 heavy (non-hydrogen) atoms.